The van der Waals surface area contributed by atoms with Gasteiger partial charge in [0.2, 0.25) is 5.75 Å². The Labute approximate surface area is 206 Å². The van der Waals surface area contributed by atoms with E-state index in [4.69, 9.17) is 19.3 Å². The quantitative estimate of drug-likeness (QED) is 0.368. The normalized spacial score (nSPS) is 10.8. The Bertz CT molecular complexity index is 1530. The summed E-state index contributed by atoms with van der Waals surface area (Å²) in [5.74, 6) is 1.49. The van der Waals surface area contributed by atoms with Crippen molar-refractivity contribution >= 4 is 17.2 Å². The third-order valence-electron chi connectivity index (χ3n) is 5.54. The van der Waals surface area contributed by atoms with Gasteiger partial charge < -0.3 is 19.5 Å². The second-order valence-electron chi connectivity index (χ2n) is 7.70. The lowest BCUT2D eigenvalue weighted by Crippen LogP contribution is -2.12. The number of rotatable bonds is 7. The summed E-state index contributed by atoms with van der Waals surface area (Å²) < 4.78 is 17.7. The summed E-state index contributed by atoms with van der Waals surface area (Å²) in [5, 5.41) is 16.1. The number of fused-ring (bicyclic) bond motifs is 1. The van der Waals surface area contributed by atoms with Gasteiger partial charge in [-0.15, -0.1) is 10.2 Å². The van der Waals surface area contributed by atoms with Crippen LogP contribution in [0.15, 0.2) is 73.1 Å². The van der Waals surface area contributed by atoms with E-state index < -0.39 is 0 Å². The van der Waals surface area contributed by atoms with Crippen LogP contribution in [0.25, 0.3) is 28.3 Å². The van der Waals surface area contributed by atoms with Crippen molar-refractivity contribution in [3.8, 4) is 39.9 Å². The molecule has 0 unspecified atom stereocenters. The number of anilines is 1. The molecule has 0 atom stereocenters. The van der Waals surface area contributed by atoms with E-state index in [1.54, 1.807) is 35.1 Å². The number of methoxy groups -OCH3 is 3. The summed E-state index contributed by atoms with van der Waals surface area (Å²) in [6, 6.07) is 18.0. The summed E-state index contributed by atoms with van der Waals surface area (Å²) in [6.45, 7) is 0. The lowest BCUT2D eigenvalue weighted by molar-refractivity contribution is 0.102. The first-order valence-electron chi connectivity index (χ1n) is 11.0. The molecular formula is C26H22N6O4. The number of benzene rings is 2. The summed E-state index contributed by atoms with van der Waals surface area (Å²) in [6.07, 6.45) is 3.39. The highest BCUT2D eigenvalue weighted by molar-refractivity contribution is 6.05. The molecule has 10 heteroatoms. The number of carbonyl (C=O) groups excluding carboxylic acids is 1. The summed E-state index contributed by atoms with van der Waals surface area (Å²) >= 11 is 0. The van der Waals surface area contributed by atoms with E-state index in [1.807, 2.05) is 42.5 Å². The Morgan fingerprint density at radius 2 is 1.58 bits per heavy atom. The molecule has 36 heavy (non-hydrogen) atoms. The number of hydrogen-bond donors (Lipinski definition) is 1. The van der Waals surface area contributed by atoms with Crippen molar-refractivity contribution in [3.05, 3.63) is 78.6 Å². The molecule has 5 aromatic rings. The Morgan fingerprint density at radius 3 is 2.28 bits per heavy atom. The minimum Gasteiger partial charge on any atom is -0.493 e. The van der Waals surface area contributed by atoms with E-state index in [0.29, 0.717) is 45.7 Å². The van der Waals surface area contributed by atoms with Gasteiger partial charge in [-0.2, -0.15) is 9.61 Å². The molecule has 5 rings (SSSR count). The van der Waals surface area contributed by atoms with E-state index in [9.17, 15) is 4.79 Å². The van der Waals surface area contributed by atoms with Gasteiger partial charge in [0.05, 0.1) is 27.0 Å². The van der Waals surface area contributed by atoms with Gasteiger partial charge in [0.25, 0.3) is 5.91 Å². The SMILES string of the molecule is COc1cc(C(=O)Nc2cccc(-c3ccc4nnc(-c5ccncc5)n4n3)c2)cc(OC)c1OC. The molecule has 0 fully saturated rings. The maximum absolute atomic E-state index is 13.0. The Balaban J connectivity index is 1.45. The first-order valence-corrected chi connectivity index (χ1v) is 11.0. The molecule has 1 N–H and O–H groups in total. The molecule has 1 amide bonds. The fourth-order valence-corrected chi connectivity index (χ4v) is 3.80. The van der Waals surface area contributed by atoms with Gasteiger partial charge in [0.15, 0.2) is 23.0 Å². The smallest absolute Gasteiger partial charge is 0.255 e. The monoisotopic (exact) mass is 482 g/mol. The van der Waals surface area contributed by atoms with Gasteiger partial charge >= 0.3 is 0 Å². The van der Waals surface area contributed by atoms with Crippen LogP contribution in [0.2, 0.25) is 0 Å². The van der Waals surface area contributed by atoms with Crippen LogP contribution >= 0.6 is 0 Å². The molecule has 180 valence electrons. The van der Waals surface area contributed by atoms with Crippen molar-refractivity contribution < 1.29 is 19.0 Å². The average Bonchev–Trinajstić information content (AvgIpc) is 3.36. The van der Waals surface area contributed by atoms with Gasteiger partial charge in [0, 0.05) is 34.8 Å². The molecule has 3 aromatic heterocycles. The third kappa shape index (κ3) is 4.27. The Morgan fingerprint density at radius 1 is 0.833 bits per heavy atom. The largest absolute Gasteiger partial charge is 0.493 e. The second-order valence-corrected chi connectivity index (χ2v) is 7.70. The zero-order valence-corrected chi connectivity index (χ0v) is 19.8. The second kappa shape index (κ2) is 9.71. The van der Waals surface area contributed by atoms with Gasteiger partial charge in [-0.1, -0.05) is 12.1 Å². The lowest BCUT2D eigenvalue weighted by Gasteiger charge is -2.14. The molecule has 0 radical (unpaired) electrons. The molecule has 0 saturated carbocycles. The van der Waals surface area contributed by atoms with Crippen molar-refractivity contribution in [2.45, 2.75) is 0 Å². The van der Waals surface area contributed by atoms with Crippen LogP contribution in [-0.2, 0) is 0 Å². The number of ether oxygens (including phenoxy) is 3. The van der Waals surface area contributed by atoms with E-state index in [1.165, 1.54) is 21.3 Å². The molecule has 3 heterocycles. The number of nitrogens with one attached hydrogen (secondary N) is 1. The van der Waals surface area contributed by atoms with Gasteiger partial charge in [-0.3, -0.25) is 9.78 Å². The van der Waals surface area contributed by atoms with Gasteiger partial charge in [0.1, 0.15) is 0 Å². The van der Waals surface area contributed by atoms with Gasteiger partial charge in [-0.05, 0) is 48.5 Å². The molecular weight excluding hydrogens is 460 g/mol. The van der Waals surface area contributed by atoms with Crippen molar-refractivity contribution in [2.24, 2.45) is 0 Å². The number of nitrogens with zero attached hydrogens (tertiary/aromatic N) is 5. The highest BCUT2D eigenvalue weighted by atomic mass is 16.5. The maximum Gasteiger partial charge on any atom is 0.255 e. The predicted molar refractivity (Wildman–Crippen MR) is 134 cm³/mol. The molecule has 0 spiro atoms. The Kier molecular flexibility index (Phi) is 6.14. The van der Waals surface area contributed by atoms with Crippen LogP contribution in [0.1, 0.15) is 10.4 Å². The van der Waals surface area contributed by atoms with Crippen LogP contribution in [0.3, 0.4) is 0 Å². The van der Waals surface area contributed by atoms with E-state index in [-0.39, 0.29) is 5.91 Å². The number of aromatic nitrogens is 5. The number of hydrogen-bond acceptors (Lipinski definition) is 8. The third-order valence-corrected chi connectivity index (χ3v) is 5.54. The van der Waals surface area contributed by atoms with E-state index in [2.05, 4.69) is 20.5 Å². The average molecular weight is 483 g/mol. The van der Waals surface area contributed by atoms with Gasteiger partial charge in [-0.25, -0.2) is 0 Å². The van der Waals surface area contributed by atoms with Crippen molar-refractivity contribution in [2.75, 3.05) is 26.6 Å². The highest BCUT2D eigenvalue weighted by Gasteiger charge is 2.17. The fourth-order valence-electron chi connectivity index (χ4n) is 3.80. The first-order chi connectivity index (χ1) is 17.6. The minimum absolute atomic E-state index is 0.325. The van der Waals surface area contributed by atoms with Crippen molar-refractivity contribution in [1.82, 2.24) is 24.8 Å². The zero-order valence-electron chi connectivity index (χ0n) is 19.8. The maximum atomic E-state index is 13.0. The number of amides is 1. The molecule has 0 aliphatic heterocycles. The predicted octanol–water partition coefficient (Wildman–Crippen LogP) is 4.13. The lowest BCUT2D eigenvalue weighted by atomic mass is 10.1. The number of carbonyl (C=O) groups is 1. The highest BCUT2D eigenvalue weighted by Crippen LogP contribution is 2.38. The van der Waals surface area contributed by atoms with Crippen LogP contribution in [-0.4, -0.2) is 52.0 Å². The molecule has 10 nitrogen and oxygen atoms in total. The molecule has 2 aromatic carbocycles. The van der Waals surface area contributed by atoms with Crippen LogP contribution < -0.4 is 19.5 Å². The van der Waals surface area contributed by atoms with Crippen LogP contribution in [0, 0.1) is 0 Å². The van der Waals surface area contributed by atoms with Crippen LogP contribution in [0.5, 0.6) is 17.2 Å². The van der Waals surface area contributed by atoms with Crippen molar-refractivity contribution in [3.63, 3.8) is 0 Å². The minimum atomic E-state index is -0.325. The fraction of sp³-hybridized carbons (Fsp3) is 0.115. The van der Waals surface area contributed by atoms with E-state index in [0.717, 1.165) is 11.1 Å². The summed E-state index contributed by atoms with van der Waals surface area (Å²) in [7, 11) is 4.52. The molecule has 0 bridgehead atoms. The standard InChI is InChI=1S/C26H22N6O4/c1-34-21-14-18(15-22(35-2)24(21)36-3)26(33)28-19-6-4-5-17(13-19)20-7-8-23-29-30-25(32(23)31-20)16-9-11-27-12-10-16/h4-15H,1-3H3,(H,28,33). The topological polar surface area (TPSA) is 113 Å². The molecule has 0 aliphatic carbocycles. The molecule has 0 saturated heterocycles. The summed E-state index contributed by atoms with van der Waals surface area (Å²) in [4.78, 5) is 17.1. The zero-order chi connectivity index (χ0) is 25.1. The van der Waals surface area contributed by atoms with Crippen molar-refractivity contribution in [1.29, 1.82) is 0 Å². The van der Waals surface area contributed by atoms with E-state index >= 15 is 0 Å². The number of pyridine rings is 1. The molecule has 0 aliphatic rings. The summed E-state index contributed by atoms with van der Waals surface area (Å²) in [5.41, 5.74) is 3.95. The Hall–Kier alpha value is -4.99. The van der Waals surface area contributed by atoms with Crippen LogP contribution in [0.4, 0.5) is 5.69 Å². The first kappa shape index (κ1) is 22.8.